The summed E-state index contributed by atoms with van der Waals surface area (Å²) < 4.78 is 0. The molecule has 0 radical (unpaired) electrons. The fraction of sp³-hybridized carbons (Fsp3) is 0.429. The molecule has 1 aliphatic rings. The van der Waals surface area contributed by atoms with Crippen LogP contribution in [0.5, 0.6) is 0 Å². The first-order valence-electron chi connectivity index (χ1n) is 6.54. The van der Waals surface area contributed by atoms with Gasteiger partial charge in [0.2, 0.25) is 5.91 Å². The van der Waals surface area contributed by atoms with Crippen molar-refractivity contribution in [2.75, 3.05) is 26.0 Å². The van der Waals surface area contributed by atoms with Gasteiger partial charge in [0.15, 0.2) is 0 Å². The lowest BCUT2D eigenvalue weighted by molar-refractivity contribution is -0.117. The number of halogens is 2. The van der Waals surface area contributed by atoms with Crippen LogP contribution < -0.4 is 10.6 Å². The van der Waals surface area contributed by atoms with Crippen molar-refractivity contribution >= 4 is 41.5 Å². The number of nitrogens with one attached hydrogen (secondary N) is 2. The minimum absolute atomic E-state index is 0. The highest BCUT2D eigenvalue weighted by atomic mass is 35.5. The van der Waals surface area contributed by atoms with E-state index in [2.05, 4.69) is 10.6 Å². The fourth-order valence-corrected chi connectivity index (χ4v) is 2.41. The zero-order valence-corrected chi connectivity index (χ0v) is 13.6. The van der Waals surface area contributed by atoms with E-state index in [0.717, 1.165) is 19.4 Å². The summed E-state index contributed by atoms with van der Waals surface area (Å²) in [6.07, 6.45) is 1.85. The molecule has 0 bridgehead atoms. The van der Waals surface area contributed by atoms with Crippen LogP contribution >= 0.6 is 24.0 Å². The predicted octanol–water partition coefficient (Wildman–Crippen LogP) is 2.15. The molecule has 7 heteroatoms. The predicted molar refractivity (Wildman–Crippen MR) is 86.4 cm³/mol. The average Bonchev–Trinajstić information content (AvgIpc) is 2.92. The number of benzene rings is 1. The molecule has 21 heavy (non-hydrogen) atoms. The number of hydrogen-bond donors (Lipinski definition) is 2. The summed E-state index contributed by atoms with van der Waals surface area (Å²) in [4.78, 5) is 25.3. The van der Waals surface area contributed by atoms with Gasteiger partial charge >= 0.3 is 0 Å². The number of nitrogens with zero attached hydrogens (tertiary/aromatic N) is 1. The Bertz CT molecular complexity index is 529. The molecule has 116 valence electrons. The monoisotopic (exact) mass is 331 g/mol. The molecule has 2 N–H and O–H groups in total. The van der Waals surface area contributed by atoms with Crippen LogP contribution in [-0.4, -0.2) is 43.4 Å². The van der Waals surface area contributed by atoms with Gasteiger partial charge in [-0.15, -0.1) is 12.4 Å². The second-order valence-electron chi connectivity index (χ2n) is 5.03. The average molecular weight is 332 g/mol. The van der Waals surface area contributed by atoms with E-state index >= 15 is 0 Å². The lowest BCUT2D eigenvalue weighted by Crippen LogP contribution is -2.35. The highest BCUT2D eigenvalue weighted by Gasteiger charge is 2.22. The van der Waals surface area contributed by atoms with E-state index in [1.165, 1.54) is 4.90 Å². The third kappa shape index (κ3) is 4.33. The van der Waals surface area contributed by atoms with Crippen LogP contribution in [-0.2, 0) is 4.79 Å². The summed E-state index contributed by atoms with van der Waals surface area (Å²) >= 11 is 6.10. The maximum absolute atomic E-state index is 12.0. The van der Waals surface area contributed by atoms with Crippen LogP contribution in [0.25, 0.3) is 0 Å². The third-order valence-electron chi connectivity index (χ3n) is 3.25. The van der Waals surface area contributed by atoms with E-state index in [1.54, 1.807) is 32.3 Å². The van der Waals surface area contributed by atoms with Crippen LogP contribution in [0.4, 0.5) is 5.69 Å². The Hall–Kier alpha value is -1.30. The van der Waals surface area contributed by atoms with Gasteiger partial charge in [0.25, 0.3) is 5.91 Å². The quantitative estimate of drug-likeness (QED) is 0.892. The van der Waals surface area contributed by atoms with Gasteiger partial charge in [-0.3, -0.25) is 9.59 Å². The molecule has 1 aliphatic heterocycles. The normalized spacial score (nSPS) is 17.0. The number of carbonyl (C=O) groups is 2. The van der Waals surface area contributed by atoms with Gasteiger partial charge in [0, 0.05) is 19.8 Å². The highest BCUT2D eigenvalue weighted by molar-refractivity contribution is 6.34. The summed E-state index contributed by atoms with van der Waals surface area (Å²) in [7, 11) is 3.33. The number of amides is 2. The van der Waals surface area contributed by atoms with E-state index in [4.69, 9.17) is 11.6 Å². The summed E-state index contributed by atoms with van der Waals surface area (Å²) in [5, 5.41) is 6.27. The molecule has 2 rings (SSSR count). The molecule has 1 saturated heterocycles. The molecule has 0 aromatic heterocycles. The molecule has 1 fully saturated rings. The van der Waals surface area contributed by atoms with Crippen molar-refractivity contribution in [3.8, 4) is 0 Å². The van der Waals surface area contributed by atoms with Crippen molar-refractivity contribution in [1.29, 1.82) is 0 Å². The highest BCUT2D eigenvalue weighted by Crippen LogP contribution is 2.22. The van der Waals surface area contributed by atoms with Gasteiger partial charge in [-0.1, -0.05) is 11.6 Å². The zero-order chi connectivity index (χ0) is 14.7. The molecular formula is C14H19Cl2N3O2. The minimum Gasteiger partial charge on any atom is -0.345 e. The van der Waals surface area contributed by atoms with Crippen molar-refractivity contribution in [3.63, 3.8) is 0 Å². The van der Waals surface area contributed by atoms with E-state index in [9.17, 15) is 9.59 Å². The smallest absolute Gasteiger partial charge is 0.254 e. The van der Waals surface area contributed by atoms with E-state index in [0.29, 0.717) is 16.3 Å². The molecule has 0 spiro atoms. The van der Waals surface area contributed by atoms with Crippen molar-refractivity contribution < 1.29 is 9.59 Å². The Morgan fingerprint density at radius 2 is 2.10 bits per heavy atom. The largest absolute Gasteiger partial charge is 0.345 e. The second kappa shape index (κ2) is 7.64. The standard InChI is InChI=1S/C14H18ClN3O2.ClH/c1-18(2)14(20)10-6-5-9(8-11(10)15)17-13(19)12-4-3-7-16-12;/h5-6,8,12,16H,3-4,7H2,1-2H3,(H,17,19);1H. The van der Waals surface area contributed by atoms with Crippen molar-refractivity contribution in [1.82, 2.24) is 10.2 Å². The summed E-state index contributed by atoms with van der Waals surface area (Å²) in [5.74, 6) is -0.226. The zero-order valence-electron chi connectivity index (χ0n) is 12.0. The van der Waals surface area contributed by atoms with Gasteiger partial charge in [0.1, 0.15) is 0 Å². The van der Waals surface area contributed by atoms with Gasteiger partial charge in [0.05, 0.1) is 16.6 Å². The van der Waals surface area contributed by atoms with Crippen molar-refractivity contribution in [3.05, 3.63) is 28.8 Å². The van der Waals surface area contributed by atoms with Crippen LogP contribution in [0.1, 0.15) is 23.2 Å². The maximum atomic E-state index is 12.0. The third-order valence-corrected chi connectivity index (χ3v) is 3.56. The van der Waals surface area contributed by atoms with Gasteiger partial charge in [-0.05, 0) is 37.6 Å². The SMILES string of the molecule is CN(C)C(=O)c1ccc(NC(=O)C2CCCN2)cc1Cl.Cl. The Balaban J connectivity index is 0.00000220. The molecule has 1 heterocycles. The first-order chi connectivity index (χ1) is 9.49. The maximum Gasteiger partial charge on any atom is 0.254 e. The lowest BCUT2D eigenvalue weighted by Gasteiger charge is -2.14. The van der Waals surface area contributed by atoms with Gasteiger partial charge in [-0.25, -0.2) is 0 Å². The second-order valence-corrected chi connectivity index (χ2v) is 5.44. The first-order valence-corrected chi connectivity index (χ1v) is 6.92. The number of hydrogen-bond acceptors (Lipinski definition) is 3. The Morgan fingerprint density at radius 1 is 1.38 bits per heavy atom. The molecule has 0 saturated carbocycles. The Kier molecular flexibility index (Phi) is 6.45. The van der Waals surface area contributed by atoms with Crippen LogP contribution in [0.2, 0.25) is 5.02 Å². The Labute approximate surface area is 135 Å². The summed E-state index contributed by atoms with van der Waals surface area (Å²) in [6, 6.07) is 4.78. The molecular weight excluding hydrogens is 313 g/mol. The van der Waals surface area contributed by atoms with Gasteiger partial charge in [-0.2, -0.15) is 0 Å². The number of carbonyl (C=O) groups excluding carboxylic acids is 2. The Morgan fingerprint density at radius 3 is 2.62 bits per heavy atom. The minimum atomic E-state index is -0.162. The van der Waals surface area contributed by atoms with Gasteiger partial charge < -0.3 is 15.5 Å². The molecule has 1 aromatic rings. The lowest BCUT2D eigenvalue weighted by atomic mass is 10.1. The molecule has 5 nitrogen and oxygen atoms in total. The number of rotatable bonds is 3. The van der Waals surface area contributed by atoms with E-state index in [-0.39, 0.29) is 30.3 Å². The van der Waals surface area contributed by atoms with Crippen molar-refractivity contribution in [2.45, 2.75) is 18.9 Å². The fourth-order valence-electron chi connectivity index (χ4n) is 2.14. The molecule has 2 amide bonds. The van der Waals surface area contributed by atoms with Crippen molar-refractivity contribution in [2.24, 2.45) is 0 Å². The number of anilines is 1. The van der Waals surface area contributed by atoms with Crippen LogP contribution in [0.15, 0.2) is 18.2 Å². The molecule has 1 unspecified atom stereocenters. The molecule has 1 aromatic carbocycles. The first kappa shape index (κ1) is 17.8. The topological polar surface area (TPSA) is 61.4 Å². The molecule has 1 atom stereocenters. The molecule has 0 aliphatic carbocycles. The van der Waals surface area contributed by atoms with Crippen LogP contribution in [0.3, 0.4) is 0 Å². The van der Waals surface area contributed by atoms with E-state index in [1.807, 2.05) is 0 Å². The summed E-state index contributed by atoms with van der Waals surface area (Å²) in [6.45, 7) is 0.870. The van der Waals surface area contributed by atoms with E-state index < -0.39 is 0 Å². The summed E-state index contributed by atoms with van der Waals surface area (Å²) in [5.41, 5.74) is 1.03. The van der Waals surface area contributed by atoms with Crippen LogP contribution in [0, 0.1) is 0 Å².